The third-order valence-corrected chi connectivity index (χ3v) is 3.44. The number of amides is 1. The van der Waals surface area contributed by atoms with Crippen molar-refractivity contribution in [3.63, 3.8) is 0 Å². The van der Waals surface area contributed by atoms with Gasteiger partial charge in [-0.2, -0.15) is 5.26 Å². The number of nitriles is 1. The van der Waals surface area contributed by atoms with Crippen LogP contribution in [0.3, 0.4) is 0 Å². The Morgan fingerprint density at radius 2 is 2.18 bits per heavy atom. The third kappa shape index (κ3) is 5.82. The molecule has 1 N–H and O–H groups in total. The second-order valence-electron chi connectivity index (χ2n) is 5.61. The van der Waals surface area contributed by atoms with Crippen molar-refractivity contribution in [3.8, 4) is 11.8 Å². The summed E-state index contributed by atoms with van der Waals surface area (Å²) in [5, 5.41) is 18.5. The summed E-state index contributed by atoms with van der Waals surface area (Å²) in [6, 6.07) is 6.96. The van der Waals surface area contributed by atoms with Crippen LogP contribution in [0.5, 0.6) is 5.75 Å². The molecular weight excluding hydrogens is 304 g/mol. The molecule has 0 spiro atoms. The second kappa shape index (κ2) is 8.50. The molecule has 0 aliphatic heterocycles. The Morgan fingerprint density at radius 3 is 2.73 bits per heavy atom. The summed E-state index contributed by atoms with van der Waals surface area (Å²) in [5.74, 6) is 0.837. The molecule has 0 saturated heterocycles. The fraction of sp³-hybridized carbons (Fsp3) is 0.500. The Hall–Kier alpha value is -1.93. The SMILES string of the molecule is CC(C)CC(CCN(C)C(=O)O)Oc1cc(Cl)ccc1C#N. The van der Waals surface area contributed by atoms with Crippen LogP contribution in [0.25, 0.3) is 0 Å². The summed E-state index contributed by atoms with van der Waals surface area (Å²) in [4.78, 5) is 12.1. The minimum atomic E-state index is -0.969. The van der Waals surface area contributed by atoms with Crippen LogP contribution in [0.15, 0.2) is 18.2 Å². The molecule has 0 heterocycles. The second-order valence-corrected chi connectivity index (χ2v) is 6.05. The third-order valence-electron chi connectivity index (χ3n) is 3.21. The van der Waals surface area contributed by atoms with Gasteiger partial charge in [0.2, 0.25) is 0 Å². The van der Waals surface area contributed by atoms with Crippen LogP contribution >= 0.6 is 11.6 Å². The van der Waals surface area contributed by atoms with E-state index in [-0.39, 0.29) is 6.10 Å². The molecule has 0 fully saturated rings. The Bertz CT molecular complexity index is 555. The molecule has 0 aliphatic carbocycles. The number of ether oxygens (including phenoxy) is 1. The van der Waals surface area contributed by atoms with Crippen molar-refractivity contribution in [3.05, 3.63) is 28.8 Å². The van der Waals surface area contributed by atoms with Gasteiger partial charge < -0.3 is 14.7 Å². The number of carbonyl (C=O) groups is 1. The van der Waals surface area contributed by atoms with Crippen LogP contribution in [0.4, 0.5) is 4.79 Å². The van der Waals surface area contributed by atoms with Crippen molar-refractivity contribution >= 4 is 17.7 Å². The molecule has 6 heteroatoms. The summed E-state index contributed by atoms with van der Waals surface area (Å²) in [6.45, 7) is 4.51. The zero-order valence-corrected chi connectivity index (χ0v) is 13.8. The van der Waals surface area contributed by atoms with E-state index >= 15 is 0 Å². The number of hydrogen-bond acceptors (Lipinski definition) is 3. The van der Waals surface area contributed by atoms with Gasteiger partial charge in [0.1, 0.15) is 17.9 Å². The van der Waals surface area contributed by atoms with Crippen molar-refractivity contribution in [2.75, 3.05) is 13.6 Å². The Morgan fingerprint density at radius 1 is 1.50 bits per heavy atom. The predicted molar refractivity (Wildman–Crippen MR) is 85.3 cm³/mol. The van der Waals surface area contributed by atoms with E-state index in [4.69, 9.17) is 26.7 Å². The summed E-state index contributed by atoms with van der Waals surface area (Å²) >= 11 is 5.96. The fourth-order valence-electron chi connectivity index (χ4n) is 2.05. The summed E-state index contributed by atoms with van der Waals surface area (Å²) < 4.78 is 5.93. The first-order valence-electron chi connectivity index (χ1n) is 7.13. The number of benzene rings is 1. The first kappa shape index (κ1) is 18.1. The molecule has 120 valence electrons. The molecule has 1 aromatic carbocycles. The zero-order chi connectivity index (χ0) is 16.7. The molecule has 0 saturated carbocycles. The molecule has 0 aliphatic rings. The summed E-state index contributed by atoms with van der Waals surface area (Å²) in [5.41, 5.74) is 0.421. The zero-order valence-electron chi connectivity index (χ0n) is 13.0. The molecular formula is C16H21ClN2O3. The highest BCUT2D eigenvalue weighted by Gasteiger charge is 2.17. The predicted octanol–water partition coefficient (Wildman–Crippen LogP) is 4.01. The number of hydrogen-bond donors (Lipinski definition) is 1. The van der Waals surface area contributed by atoms with Gasteiger partial charge in [0.15, 0.2) is 0 Å². The normalized spacial score (nSPS) is 11.8. The van der Waals surface area contributed by atoms with Gasteiger partial charge in [0.05, 0.1) is 5.56 Å². The maximum absolute atomic E-state index is 10.9. The molecule has 5 nitrogen and oxygen atoms in total. The lowest BCUT2D eigenvalue weighted by Gasteiger charge is -2.23. The minimum absolute atomic E-state index is 0.174. The van der Waals surface area contributed by atoms with Gasteiger partial charge in [-0.25, -0.2) is 4.79 Å². The minimum Gasteiger partial charge on any atom is -0.489 e. The standard InChI is InChI=1S/C16H21ClN2O3/c1-11(2)8-14(6-7-19(3)16(20)21)22-15-9-13(17)5-4-12(15)10-18/h4-5,9,11,14H,6-8H2,1-3H3,(H,20,21). The van der Waals surface area contributed by atoms with Crippen molar-refractivity contribution in [1.82, 2.24) is 4.90 Å². The first-order chi connectivity index (χ1) is 10.3. The quantitative estimate of drug-likeness (QED) is 0.822. The van der Waals surface area contributed by atoms with Gasteiger partial charge in [0.25, 0.3) is 0 Å². The lowest BCUT2D eigenvalue weighted by Crippen LogP contribution is -2.30. The van der Waals surface area contributed by atoms with Crippen molar-refractivity contribution < 1.29 is 14.6 Å². The lowest BCUT2D eigenvalue weighted by molar-refractivity contribution is 0.131. The molecule has 1 amide bonds. The van der Waals surface area contributed by atoms with E-state index in [1.165, 1.54) is 11.9 Å². The molecule has 0 bridgehead atoms. The molecule has 1 rings (SSSR count). The van der Waals surface area contributed by atoms with E-state index in [0.717, 1.165) is 6.42 Å². The van der Waals surface area contributed by atoms with Crippen molar-refractivity contribution in [2.24, 2.45) is 5.92 Å². The van der Waals surface area contributed by atoms with E-state index in [9.17, 15) is 4.79 Å². The van der Waals surface area contributed by atoms with Crippen molar-refractivity contribution in [2.45, 2.75) is 32.8 Å². The van der Waals surface area contributed by atoms with E-state index in [0.29, 0.717) is 35.2 Å². The van der Waals surface area contributed by atoms with Gasteiger partial charge in [-0.15, -0.1) is 0 Å². The first-order valence-corrected chi connectivity index (χ1v) is 7.51. The molecule has 1 unspecified atom stereocenters. The van der Waals surface area contributed by atoms with Gasteiger partial charge in [0, 0.05) is 31.1 Å². The average Bonchev–Trinajstić information content (AvgIpc) is 2.44. The van der Waals surface area contributed by atoms with E-state index in [2.05, 4.69) is 19.9 Å². The maximum atomic E-state index is 10.9. The van der Waals surface area contributed by atoms with E-state index in [1.807, 2.05) is 0 Å². The van der Waals surface area contributed by atoms with Gasteiger partial charge in [-0.05, 0) is 24.5 Å². The highest BCUT2D eigenvalue weighted by molar-refractivity contribution is 6.30. The largest absolute Gasteiger partial charge is 0.489 e. The van der Waals surface area contributed by atoms with Crippen LogP contribution in [0.1, 0.15) is 32.3 Å². The molecule has 22 heavy (non-hydrogen) atoms. The topological polar surface area (TPSA) is 73.6 Å². The molecule has 0 radical (unpaired) electrons. The van der Waals surface area contributed by atoms with Crippen LogP contribution in [-0.2, 0) is 0 Å². The number of nitrogens with zero attached hydrogens (tertiary/aromatic N) is 2. The molecule has 0 aromatic heterocycles. The number of carboxylic acid groups (broad SMARTS) is 1. The highest BCUT2D eigenvalue weighted by atomic mass is 35.5. The molecule has 1 atom stereocenters. The Kier molecular flexibility index (Phi) is 7.00. The number of rotatable bonds is 7. The number of halogens is 1. The fourth-order valence-corrected chi connectivity index (χ4v) is 2.21. The summed E-state index contributed by atoms with van der Waals surface area (Å²) in [7, 11) is 1.52. The van der Waals surface area contributed by atoms with Gasteiger partial charge in [-0.3, -0.25) is 0 Å². The van der Waals surface area contributed by atoms with Gasteiger partial charge in [-0.1, -0.05) is 25.4 Å². The van der Waals surface area contributed by atoms with Crippen LogP contribution in [-0.4, -0.2) is 35.8 Å². The van der Waals surface area contributed by atoms with Crippen LogP contribution in [0, 0.1) is 17.2 Å². The van der Waals surface area contributed by atoms with E-state index < -0.39 is 6.09 Å². The smallest absolute Gasteiger partial charge is 0.407 e. The monoisotopic (exact) mass is 324 g/mol. The summed E-state index contributed by atoms with van der Waals surface area (Å²) in [6.07, 6.45) is 0.180. The highest BCUT2D eigenvalue weighted by Crippen LogP contribution is 2.26. The Labute approximate surface area is 136 Å². The average molecular weight is 325 g/mol. The maximum Gasteiger partial charge on any atom is 0.407 e. The lowest BCUT2D eigenvalue weighted by atomic mass is 10.0. The Balaban J connectivity index is 2.83. The van der Waals surface area contributed by atoms with E-state index in [1.54, 1.807) is 18.2 Å². The van der Waals surface area contributed by atoms with Crippen molar-refractivity contribution in [1.29, 1.82) is 5.26 Å². The molecule has 1 aromatic rings. The van der Waals surface area contributed by atoms with Gasteiger partial charge >= 0.3 is 6.09 Å². The van der Waals surface area contributed by atoms with Crippen LogP contribution in [0.2, 0.25) is 5.02 Å². The van der Waals surface area contributed by atoms with Crippen LogP contribution < -0.4 is 4.74 Å².